The standard InChI is InChI=1S/C18H16ClF3N2O4/c1-28-14-8-7-12(19)9-13(14)16(26)24-23-15(25)10-17(27,18(20,21)22)11-5-3-2-4-6-11/h2-9,27H,10H2,1H3,(H,23,25)(H,24,26). The number of rotatable bonds is 5. The second kappa shape index (κ2) is 8.49. The summed E-state index contributed by atoms with van der Waals surface area (Å²) in [6.07, 6.45) is -6.47. The number of carbonyl (C=O) groups excluding carboxylic acids is 2. The molecule has 0 spiro atoms. The fraction of sp³-hybridized carbons (Fsp3) is 0.222. The summed E-state index contributed by atoms with van der Waals surface area (Å²) < 4.78 is 45.2. The van der Waals surface area contributed by atoms with Crippen LogP contribution in [0.4, 0.5) is 13.2 Å². The molecule has 28 heavy (non-hydrogen) atoms. The Balaban J connectivity index is 2.12. The number of benzene rings is 2. The molecule has 0 aliphatic heterocycles. The Bertz CT molecular complexity index is 862. The number of aliphatic hydroxyl groups is 1. The first kappa shape index (κ1) is 21.5. The summed E-state index contributed by atoms with van der Waals surface area (Å²) in [6.45, 7) is 0. The van der Waals surface area contributed by atoms with Crippen LogP contribution in [0.2, 0.25) is 5.02 Å². The van der Waals surface area contributed by atoms with Crippen molar-refractivity contribution >= 4 is 23.4 Å². The van der Waals surface area contributed by atoms with Gasteiger partial charge in [-0.05, 0) is 23.8 Å². The van der Waals surface area contributed by atoms with Crippen molar-refractivity contribution in [2.45, 2.75) is 18.2 Å². The predicted molar refractivity (Wildman–Crippen MR) is 94.6 cm³/mol. The van der Waals surface area contributed by atoms with Crippen molar-refractivity contribution in [3.8, 4) is 5.75 Å². The molecule has 2 amide bonds. The molecule has 1 unspecified atom stereocenters. The van der Waals surface area contributed by atoms with Crippen LogP contribution in [0, 0.1) is 0 Å². The number of alkyl halides is 3. The number of ether oxygens (including phenoxy) is 1. The van der Waals surface area contributed by atoms with Gasteiger partial charge in [0.1, 0.15) is 5.75 Å². The minimum Gasteiger partial charge on any atom is -0.496 e. The Hall–Kier alpha value is -2.78. The second-order valence-corrected chi connectivity index (χ2v) is 6.18. The highest BCUT2D eigenvalue weighted by molar-refractivity contribution is 6.31. The minimum atomic E-state index is -5.12. The van der Waals surface area contributed by atoms with Gasteiger partial charge in [0.05, 0.1) is 19.1 Å². The summed E-state index contributed by atoms with van der Waals surface area (Å²) in [6, 6.07) is 10.3. The van der Waals surface area contributed by atoms with E-state index < -0.39 is 35.6 Å². The molecule has 0 fully saturated rings. The van der Waals surface area contributed by atoms with Crippen LogP contribution < -0.4 is 15.6 Å². The van der Waals surface area contributed by atoms with Crippen LogP contribution in [0.1, 0.15) is 22.3 Å². The van der Waals surface area contributed by atoms with Gasteiger partial charge in [0.15, 0.2) is 5.60 Å². The van der Waals surface area contributed by atoms with Gasteiger partial charge in [-0.3, -0.25) is 20.4 Å². The number of nitrogens with one attached hydrogen (secondary N) is 2. The zero-order chi connectivity index (χ0) is 20.9. The van der Waals surface area contributed by atoms with Crippen molar-refractivity contribution in [1.29, 1.82) is 0 Å². The highest BCUT2D eigenvalue weighted by Crippen LogP contribution is 2.41. The Morgan fingerprint density at radius 2 is 1.75 bits per heavy atom. The molecular formula is C18H16ClF3N2O4. The van der Waals surface area contributed by atoms with Crippen LogP contribution in [0.5, 0.6) is 5.75 Å². The van der Waals surface area contributed by atoms with Crippen LogP contribution in [-0.4, -0.2) is 30.2 Å². The van der Waals surface area contributed by atoms with Crippen LogP contribution in [0.3, 0.4) is 0 Å². The average molecular weight is 417 g/mol. The van der Waals surface area contributed by atoms with Gasteiger partial charge < -0.3 is 9.84 Å². The fourth-order valence-electron chi connectivity index (χ4n) is 2.41. The average Bonchev–Trinajstić information content (AvgIpc) is 2.65. The van der Waals surface area contributed by atoms with E-state index in [2.05, 4.69) is 0 Å². The van der Waals surface area contributed by atoms with E-state index in [0.717, 1.165) is 12.1 Å². The van der Waals surface area contributed by atoms with Gasteiger partial charge in [-0.2, -0.15) is 13.2 Å². The second-order valence-electron chi connectivity index (χ2n) is 5.75. The molecular weight excluding hydrogens is 401 g/mol. The molecule has 0 saturated carbocycles. The first-order valence-electron chi connectivity index (χ1n) is 7.86. The number of methoxy groups -OCH3 is 1. The minimum absolute atomic E-state index is 0.0376. The third-order valence-corrected chi connectivity index (χ3v) is 4.09. The molecule has 0 heterocycles. The number of halogens is 4. The maximum atomic E-state index is 13.4. The summed E-state index contributed by atoms with van der Waals surface area (Å²) in [4.78, 5) is 24.2. The quantitative estimate of drug-likeness (QED) is 0.654. The third kappa shape index (κ3) is 4.73. The van der Waals surface area contributed by atoms with E-state index in [1.165, 1.54) is 43.5 Å². The molecule has 0 bridgehead atoms. The third-order valence-electron chi connectivity index (χ3n) is 3.86. The largest absolute Gasteiger partial charge is 0.496 e. The summed E-state index contributed by atoms with van der Waals surface area (Å²) >= 11 is 5.80. The molecule has 2 aromatic rings. The van der Waals surface area contributed by atoms with Crippen molar-refractivity contribution in [3.63, 3.8) is 0 Å². The molecule has 3 N–H and O–H groups in total. The van der Waals surface area contributed by atoms with Crippen LogP contribution in [0.15, 0.2) is 48.5 Å². The topological polar surface area (TPSA) is 87.7 Å². The van der Waals surface area contributed by atoms with E-state index in [1.54, 1.807) is 0 Å². The maximum absolute atomic E-state index is 13.4. The number of hydrogen-bond acceptors (Lipinski definition) is 4. The summed E-state index contributed by atoms with van der Waals surface area (Å²) in [7, 11) is 1.31. The maximum Gasteiger partial charge on any atom is 0.421 e. The van der Waals surface area contributed by atoms with E-state index in [1.807, 2.05) is 10.9 Å². The van der Waals surface area contributed by atoms with Gasteiger partial charge in [-0.15, -0.1) is 0 Å². The SMILES string of the molecule is COc1ccc(Cl)cc1C(=O)NNC(=O)CC(O)(c1ccccc1)C(F)(F)F. The molecule has 6 nitrogen and oxygen atoms in total. The lowest BCUT2D eigenvalue weighted by molar-refractivity contribution is -0.267. The molecule has 0 aromatic heterocycles. The van der Waals surface area contributed by atoms with Crippen molar-refractivity contribution in [1.82, 2.24) is 10.9 Å². The molecule has 0 aliphatic rings. The highest BCUT2D eigenvalue weighted by Gasteiger charge is 2.56. The lowest BCUT2D eigenvalue weighted by Gasteiger charge is -2.30. The van der Waals surface area contributed by atoms with Gasteiger partial charge in [-0.1, -0.05) is 41.9 Å². The van der Waals surface area contributed by atoms with E-state index in [0.29, 0.717) is 0 Å². The fourth-order valence-corrected chi connectivity index (χ4v) is 2.58. The Morgan fingerprint density at radius 1 is 1.11 bits per heavy atom. The van der Waals surface area contributed by atoms with Crippen molar-refractivity contribution in [3.05, 3.63) is 64.7 Å². The summed E-state index contributed by atoms with van der Waals surface area (Å²) in [5, 5.41) is 10.4. The highest BCUT2D eigenvalue weighted by atomic mass is 35.5. The normalized spacial score (nSPS) is 13.4. The van der Waals surface area contributed by atoms with Gasteiger partial charge in [-0.25, -0.2) is 0 Å². The lowest BCUT2D eigenvalue weighted by atomic mass is 9.89. The van der Waals surface area contributed by atoms with Gasteiger partial charge in [0, 0.05) is 5.02 Å². The first-order chi connectivity index (χ1) is 13.1. The van der Waals surface area contributed by atoms with Crippen molar-refractivity contribution in [2.75, 3.05) is 7.11 Å². The Morgan fingerprint density at radius 3 is 2.32 bits per heavy atom. The van der Waals surface area contributed by atoms with Gasteiger partial charge >= 0.3 is 6.18 Å². The monoisotopic (exact) mass is 416 g/mol. The van der Waals surface area contributed by atoms with E-state index in [4.69, 9.17) is 16.3 Å². The van der Waals surface area contributed by atoms with Gasteiger partial charge in [0.25, 0.3) is 5.91 Å². The zero-order valence-electron chi connectivity index (χ0n) is 14.5. The molecule has 10 heteroatoms. The van der Waals surface area contributed by atoms with E-state index in [9.17, 15) is 27.9 Å². The molecule has 0 aliphatic carbocycles. The van der Waals surface area contributed by atoms with Crippen LogP contribution >= 0.6 is 11.6 Å². The van der Waals surface area contributed by atoms with Gasteiger partial charge in [0.2, 0.25) is 5.91 Å². The predicted octanol–water partition coefficient (Wildman–Crippen LogP) is 2.95. The number of hydrogen-bond donors (Lipinski definition) is 3. The Kier molecular flexibility index (Phi) is 6.52. The van der Waals surface area contributed by atoms with Crippen LogP contribution in [-0.2, 0) is 10.4 Å². The number of carbonyl (C=O) groups is 2. The van der Waals surface area contributed by atoms with E-state index >= 15 is 0 Å². The smallest absolute Gasteiger partial charge is 0.421 e. The molecule has 2 aromatic carbocycles. The Labute approximate surface area is 163 Å². The lowest BCUT2D eigenvalue weighted by Crippen LogP contribution is -2.49. The number of hydrazine groups is 1. The molecule has 1 atom stereocenters. The molecule has 0 saturated heterocycles. The zero-order valence-corrected chi connectivity index (χ0v) is 15.3. The molecule has 0 radical (unpaired) electrons. The first-order valence-corrected chi connectivity index (χ1v) is 8.23. The van der Waals surface area contributed by atoms with Crippen molar-refractivity contribution < 1.29 is 32.6 Å². The summed E-state index contributed by atoms with van der Waals surface area (Å²) in [5.41, 5.74) is -0.134. The summed E-state index contributed by atoms with van der Waals surface area (Å²) in [5.74, 6) is -1.96. The van der Waals surface area contributed by atoms with E-state index in [-0.39, 0.29) is 16.3 Å². The molecule has 150 valence electrons. The molecule has 2 rings (SSSR count). The van der Waals surface area contributed by atoms with Crippen molar-refractivity contribution in [2.24, 2.45) is 0 Å². The number of amides is 2. The van der Waals surface area contributed by atoms with Crippen LogP contribution in [0.25, 0.3) is 0 Å².